The van der Waals surface area contributed by atoms with Crippen LogP contribution in [0.25, 0.3) is 99.1 Å². The van der Waals surface area contributed by atoms with Crippen molar-refractivity contribution < 1.29 is 4.42 Å². The minimum Gasteiger partial charge on any atom is -0.456 e. The predicted octanol–water partition coefficient (Wildman–Crippen LogP) is 18.0. The molecule has 0 aliphatic carbocycles. The Morgan fingerprint density at radius 1 is 0.323 bits per heavy atom. The minimum atomic E-state index is 0.889. The summed E-state index contributed by atoms with van der Waals surface area (Å²) in [5.74, 6) is 0. The Balaban J connectivity index is 1.16. The second-order valence-electron chi connectivity index (χ2n) is 16.8. The highest BCUT2D eigenvalue weighted by molar-refractivity contribution is 6.10. The number of furan rings is 1. The smallest absolute Gasteiger partial charge is 0.135 e. The van der Waals surface area contributed by atoms with Crippen LogP contribution in [-0.4, -0.2) is 0 Å². The van der Waals surface area contributed by atoms with E-state index in [1.807, 2.05) is 12.1 Å². The monoisotopic (exact) mass is 829 g/mol. The van der Waals surface area contributed by atoms with Gasteiger partial charge in [0.2, 0.25) is 0 Å². The van der Waals surface area contributed by atoms with Gasteiger partial charge < -0.3 is 9.32 Å². The first-order valence-corrected chi connectivity index (χ1v) is 22.3. The van der Waals surface area contributed by atoms with Crippen LogP contribution in [0.4, 0.5) is 17.1 Å². The van der Waals surface area contributed by atoms with E-state index in [4.69, 9.17) is 4.42 Å². The van der Waals surface area contributed by atoms with Crippen LogP contribution in [0.2, 0.25) is 0 Å². The van der Waals surface area contributed by atoms with Gasteiger partial charge in [-0.1, -0.05) is 206 Å². The van der Waals surface area contributed by atoms with Crippen LogP contribution in [0.1, 0.15) is 5.56 Å². The third-order valence-corrected chi connectivity index (χ3v) is 13.1. The lowest BCUT2D eigenvalue weighted by atomic mass is 9.88. The first-order chi connectivity index (χ1) is 32.2. The molecular weight excluding hydrogens is 787 g/mol. The number of nitrogens with zero attached hydrogens (tertiary/aromatic N) is 1. The van der Waals surface area contributed by atoms with E-state index in [0.29, 0.717) is 0 Å². The van der Waals surface area contributed by atoms with Crippen molar-refractivity contribution in [2.75, 3.05) is 4.90 Å². The van der Waals surface area contributed by atoms with E-state index >= 15 is 0 Å². The van der Waals surface area contributed by atoms with Crippen LogP contribution in [0.3, 0.4) is 0 Å². The van der Waals surface area contributed by atoms with Crippen molar-refractivity contribution in [2.45, 2.75) is 6.92 Å². The van der Waals surface area contributed by atoms with Crippen molar-refractivity contribution in [2.24, 2.45) is 0 Å². The number of anilines is 3. The van der Waals surface area contributed by atoms with Gasteiger partial charge >= 0.3 is 0 Å². The van der Waals surface area contributed by atoms with Crippen molar-refractivity contribution in [3.8, 4) is 55.6 Å². The van der Waals surface area contributed by atoms with E-state index in [2.05, 4.69) is 242 Å². The number of hydrogen-bond donors (Lipinski definition) is 0. The van der Waals surface area contributed by atoms with Gasteiger partial charge in [0.15, 0.2) is 0 Å². The summed E-state index contributed by atoms with van der Waals surface area (Å²) in [6, 6.07) is 88.0. The van der Waals surface area contributed by atoms with Gasteiger partial charge in [-0.15, -0.1) is 0 Å². The van der Waals surface area contributed by atoms with Crippen LogP contribution in [-0.2, 0) is 0 Å². The highest BCUT2D eigenvalue weighted by atomic mass is 16.3. The quantitative estimate of drug-likeness (QED) is 0.152. The summed E-state index contributed by atoms with van der Waals surface area (Å²) in [7, 11) is 0. The molecule has 0 aliphatic rings. The molecule has 12 aromatic rings. The van der Waals surface area contributed by atoms with Gasteiger partial charge in [0.25, 0.3) is 0 Å². The van der Waals surface area contributed by atoms with Crippen LogP contribution >= 0.6 is 0 Å². The van der Waals surface area contributed by atoms with Crippen LogP contribution < -0.4 is 4.90 Å². The molecule has 0 N–H and O–H groups in total. The SMILES string of the molecule is Cc1c(-c2cccc3ccccc23)ccc(-c2ccccc2)c1N(c1cccc(-c2ccc3oc4ccccc4c3c2)c1)c1ccccc1-c1cccc2cccc(-c3ccccc3)c12. The maximum atomic E-state index is 6.28. The summed E-state index contributed by atoms with van der Waals surface area (Å²) in [5, 5.41) is 7.12. The normalized spacial score (nSPS) is 11.5. The zero-order valence-corrected chi connectivity index (χ0v) is 35.9. The Morgan fingerprint density at radius 3 is 1.69 bits per heavy atom. The molecule has 1 heterocycles. The maximum Gasteiger partial charge on any atom is 0.135 e. The van der Waals surface area contributed by atoms with E-state index in [9.17, 15) is 0 Å². The molecular formula is C63H43NO. The van der Waals surface area contributed by atoms with E-state index < -0.39 is 0 Å². The van der Waals surface area contributed by atoms with Crippen molar-refractivity contribution in [3.05, 3.63) is 248 Å². The van der Waals surface area contributed by atoms with Gasteiger partial charge in [-0.3, -0.25) is 0 Å². The average molecular weight is 830 g/mol. The summed E-state index contributed by atoms with van der Waals surface area (Å²) in [4.78, 5) is 2.53. The zero-order chi connectivity index (χ0) is 43.3. The van der Waals surface area contributed by atoms with Crippen LogP contribution in [0.5, 0.6) is 0 Å². The predicted molar refractivity (Wildman–Crippen MR) is 275 cm³/mol. The first kappa shape index (κ1) is 38.2. The molecule has 0 unspecified atom stereocenters. The van der Waals surface area contributed by atoms with Crippen molar-refractivity contribution in [1.82, 2.24) is 0 Å². The number of fused-ring (bicyclic) bond motifs is 5. The fraction of sp³-hybridized carbons (Fsp3) is 0.0159. The van der Waals surface area contributed by atoms with Crippen LogP contribution in [0, 0.1) is 6.92 Å². The van der Waals surface area contributed by atoms with Gasteiger partial charge in [-0.2, -0.15) is 0 Å². The highest BCUT2D eigenvalue weighted by Crippen LogP contribution is 2.51. The van der Waals surface area contributed by atoms with Crippen molar-refractivity contribution >= 4 is 60.5 Å². The highest BCUT2D eigenvalue weighted by Gasteiger charge is 2.26. The third-order valence-electron chi connectivity index (χ3n) is 13.1. The molecule has 12 rings (SSSR count). The average Bonchev–Trinajstić information content (AvgIpc) is 3.75. The van der Waals surface area contributed by atoms with E-state index in [1.165, 1.54) is 54.9 Å². The number of hydrogen-bond acceptors (Lipinski definition) is 2. The summed E-state index contributed by atoms with van der Waals surface area (Å²) < 4.78 is 6.28. The Kier molecular flexibility index (Phi) is 9.43. The summed E-state index contributed by atoms with van der Waals surface area (Å²) in [6.45, 7) is 2.31. The molecule has 0 saturated heterocycles. The molecule has 0 aliphatic heterocycles. The molecule has 65 heavy (non-hydrogen) atoms. The Morgan fingerprint density at radius 2 is 0.877 bits per heavy atom. The molecule has 306 valence electrons. The molecule has 0 amide bonds. The summed E-state index contributed by atoms with van der Waals surface area (Å²) in [5.41, 5.74) is 18.0. The topological polar surface area (TPSA) is 16.4 Å². The molecule has 0 fully saturated rings. The Bertz CT molecular complexity index is 3720. The lowest BCUT2D eigenvalue weighted by Gasteiger charge is -2.33. The fourth-order valence-electron chi connectivity index (χ4n) is 10.0. The molecule has 11 aromatic carbocycles. The van der Waals surface area contributed by atoms with E-state index in [1.54, 1.807) is 0 Å². The fourth-order valence-corrected chi connectivity index (χ4v) is 10.0. The standard InChI is InChI=1S/C63H43NO/c1-42-50(54-32-15-23-43-22-8-9-28-51(43)54)37-38-53(45-20-6-3-7-21-45)63(42)64(49-27-14-26-47(40-49)48-36-39-61-58(41-48)56-30-11-13-35-60(56)65-61)59-34-12-10-29-55(59)57-33-17-25-46-24-16-31-52(62(46)57)44-18-4-2-5-19-44/h2-41H,1H3. The summed E-state index contributed by atoms with van der Waals surface area (Å²) in [6.07, 6.45) is 0. The van der Waals surface area contributed by atoms with Crippen molar-refractivity contribution in [3.63, 3.8) is 0 Å². The Labute approximate surface area is 378 Å². The molecule has 2 heteroatoms. The third kappa shape index (κ3) is 6.67. The maximum absolute atomic E-state index is 6.28. The molecule has 2 nitrogen and oxygen atoms in total. The second-order valence-corrected chi connectivity index (χ2v) is 16.8. The second kappa shape index (κ2) is 16.0. The van der Waals surface area contributed by atoms with Crippen LogP contribution in [0.15, 0.2) is 247 Å². The molecule has 1 aromatic heterocycles. The lowest BCUT2D eigenvalue weighted by Crippen LogP contribution is -2.14. The lowest BCUT2D eigenvalue weighted by molar-refractivity contribution is 0.669. The van der Waals surface area contributed by atoms with Crippen molar-refractivity contribution in [1.29, 1.82) is 0 Å². The van der Waals surface area contributed by atoms with E-state index in [-0.39, 0.29) is 0 Å². The van der Waals surface area contributed by atoms with E-state index in [0.717, 1.165) is 66.8 Å². The molecule has 0 atom stereocenters. The molecule has 0 saturated carbocycles. The molecule has 0 radical (unpaired) electrons. The number of para-hydroxylation sites is 2. The first-order valence-electron chi connectivity index (χ1n) is 22.3. The van der Waals surface area contributed by atoms with Gasteiger partial charge in [-0.25, -0.2) is 0 Å². The number of rotatable bonds is 8. The van der Waals surface area contributed by atoms with Gasteiger partial charge in [0.05, 0.1) is 11.4 Å². The Hall–Kier alpha value is -8.46. The van der Waals surface area contributed by atoms with Gasteiger partial charge in [0.1, 0.15) is 11.2 Å². The van der Waals surface area contributed by atoms with Gasteiger partial charge in [0, 0.05) is 27.6 Å². The largest absolute Gasteiger partial charge is 0.456 e. The minimum absolute atomic E-state index is 0.889. The van der Waals surface area contributed by atoms with Gasteiger partial charge in [-0.05, 0) is 115 Å². The molecule has 0 bridgehead atoms. The zero-order valence-electron chi connectivity index (χ0n) is 35.9. The molecule has 0 spiro atoms. The summed E-state index contributed by atoms with van der Waals surface area (Å²) >= 11 is 0. The number of benzene rings is 11.